The second kappa shape index (κ2) is 6.56. The highest BCUT2D eigenvalue weighted by Crippen LogP contribution is 2.21. The van der Waals surface area contributed by atoms with Crippen LogP contribution in [-0.4, -0.2) is 27.2 Å². The summed E-state index contributed by atoms with van der Waals surface area (Å²) < 4.78 is 8.99. The van der Waals surface area contributed by atoms with Gasteiger partial charge in [0.2, 0.25) is 5.78 Å². The lowest BCUT2D eigenvalue weighted by atomic mass is 10.2. The second-order valence-corrected chi connectivity index (χ2v) is 5.71. The first kappa shape index (κ1) is 15.8. The number of nitrogens with zero attached hydrogens (tertiary/aromatic N) is 3. The second-order valence-electron chi connectivity index (χ2n) is 5.28. The van der Waals surface area contributed by atoms with Crippen molar-refractivity contribution in [3.8, 4) is 11.3 Å². The number of aryl methyl sites for hydroxylation is 1. The van der Waals surface area contributed by atoms with Crippen molar-refractivity contribution >= 4 is 17.4 Å². The molecule has 2 heterocycles. The number of benzene rings is 1. The molecule has 0 aliphatic heterocycles. The van der Waals surface area contributed by atoms with E-state index in [9.17, 15) is 4.79 Å². The van der Waals surface area contributed by atoms with Crippen molar-refractivity contribution in [3.05, 3.63) is 57.6 Å². The smallest absolute Gasteiger partial charge is 0.259 e. The van der Waals surface area contributed by atoms with Crippen LogP contribution in [0.2, 0.25) is 5.02 Å². The largest absolute Gasteiger partial charge is 0.380 e. The van der Waals surface area contributed by atoms with E-state index in [-0.39, 0.29) is 5.56 Å². The molecule has 0 N–H and O–H groups in total. The minimum absolute atomic E-state index is 0.0853. The van der Waals surface area contributed by atoms with E-state index in [1.165, 1.54) is 0 Å². The first-order valence-corrected chi connectivity index (χ1v) is 7.91. The van der Waals surface area contributed by atoms with E-state index < -0.39 is 0 Å². The van der Waals surface area contributed by atoms with Crippen molar-refractivity contribution in [1.29, 1.82) is 0 Å². The number of fused-ring (bicyclic) bond motifs is 1. The number of hydrogen-bond donors (Lipinski definition) is 0. The predicted octanol–water partition coefficient (Wildman–Crippen LogP) is 3.16. The number of hydrogen-bond acceptors (Lipinski definition) is 3. The zero-order valence-electron chi connectivity index (χ0n) is 13.1. The summed E-state index contributed by atoms with van der Waals surface area (Å²) in [4.78, 5) is 16.9. The van der Waals surface area contributed by atoms with Crippen LogP contribution in [0.3, 0.4) is 0 Å². The zero-order chi connectivity index (χ0) is 16.4. The van der Waals surface area contributed by atoms with Crippen LogP contribution in [0.25, 0.3) is 17.0 Å². The van der Waals surface area contributed by atoms with Gasteiger partial charge in [0.25, 0.3) is 5.56 Å². The zero-order valence-corrected chi connectivity index (χ0v) is 13.9. The maximum atomic E-state index is 12.2. The van der Waals surface area contributed by atoms with Crippen molar-refractivity contribution in [2.24, 2.45) is 0 Å². The molecule has 0 unspecified atom stereocenters. The first-order valence-electron chi connectivity index (χ1n) is 7.53. The van der Waals surface area contributed by atoms with Gasteiger partial charge in [-0.25, -0.2) is 4.98 Å². The molecule has 0 spiro atoms. The number of ether oxygens (including phenoxy) is 1. The standard InChI is InChI=1S/C17H18ClN3O2/c1-3-23-9-8-20-12(2)10-16(22)21-11-15(19-17(20)21)13-4-6-14(18)7-5-13/h4-7,10-11H,3,8-9H2,1-2H3. The Hall–Kier alpha value is -2.11. The van der Waals surface area contributed by atoms with Crippen LogP contribution in [0, 0.1) is 6.92 Å². The van der Waals surface area contributed by atoms with E-state index in [0.717, 1.165) is 17.0 Å². The molecule has 3 aromatic rings. The molecule has 0 amide bonds. The Labute approximate surface area is 139 Å². The Morgan fingerprint density at radius 1 is 1.26 bits per heavy atom. The molecule has 0 atom stereocenters. The Morgan fingerprint density at radius 2 is 2.00 bits per heavy atom. The van der Waals surface area contributed by atoms with E-state index in [1.807, 2.05) is 42.7 Å². The SMILES string of the molecule is CCOCCn1c(C)cc(=O)n2cc(-c3ccc(Cl)cc3)nc12. The van der Waals surface area contributed by atoms with Gasteiger partial charge in [-0.1, -0.05) is 23.7 Å². The fourth-order valence-corrected chi connectivity index (χ4v) is 2.67. The third kappa shape index (κ3) is 3.16. The number of aromatic nitrogens is 3. The maximum absolute atomic E-state index is 12.2. The van der Waals surface area contributed by atoms with E-state index in [1.54, 1.807) is 16.7 Å². The fourth-order valence-electron chi connectivity index (χ4n) is 2.54. The van der Waals surface area contributed by atoms with Crippen LogP contribution in [0.15, 0.2) is 41.3 Å². The van der Waals surface area contributed by atoms with Gasteiger partial charge in [-0.15, -0.1) is 0 Å². The molecule has 1 aromatic carbocycles. The van der Waals surface area contributed by atoms with Gasteiger partial charge in [-0.2, -0.15) is 0 Å². The molecule has 5 nitrogen and oxygen atoms in total. The summed E-state index contributed by atoms with van der Waals surface area (Å²) in [5, 5.41) is 0.671. The van der Waals surface area contributed by atoms with Gasteiger partial charge in [0.15, 0.2) is 0 Å². The average molecular weight is 332 g/mol. The molecule has 0 bridgehead atoms. The van der Waals surface area contributed by atoms with E-state index in [0.29, 0.717) is 30.6 Å². The summed E-state index contributed by atoms with van der Waals surface area (Å²) in [6.45, 7) is 5.77. The minimum atomic E-state index is -0.0853. The Balaban J connectivity index is 2.10. The molecule has 0 aliphatic rings. The highest BCUT2D eigenvalue weighted by atomic mass is 35.5. The summed E-state index contributed by atoms with van der Waals surface area (Å²) in [6, 6.07) is 9.03. The third-order valence-electron chi connectivity index (χ3n) is 3.73. The monoisotopic (exact) mass is 331 g/mol. The summed E-state index contributed by atoms with van der Waals surface area (Å²) in [5.74, 6) is 0.625. The molecule has 0 fully saturated rings. The number of halogens is 1. The van der Waals surface area contributed by atoms with Crippen molar-refractivity contribution in [3.63, 3.8) is 0 Å². The summed E-state index contributed by atoms with van der Waals surface area (Å²) in [6.07, 6.45) is 1.76. The summed E-state index contributed by atoms with van der Waals surface area (Å²) in [7, 11) is 0. The van der Waals surface area contributed by atoms with Crippen LogP contribution in [-0.2, 0) is 11.3 Å². The highest BCUT2D eigenvalue weighted by molar-refractivity contribution is 6.30. The van der Waals surface area contributed by atoms with Gasteiger partial charge < -0.3 is 9.30 Å². The van der Waals surface area contributed by atoms with Crippen molar-refractivity contribution in [1.82, 2.24) is 14.0 Å². The van der Waals surface area contributed by atoms with Gasteiger partial charge in [0.05, 0.1) is 12.3 Å². The third-order valence-corrected chi connectivity index (χ3v) is 3.98. The molecular weight excluding hydrogens is 314 g/mol. The molecule has 23 heavy (non-hydrogen) atoms. The van der Waals surface area contributed by atoms with E-state index in [2.05, 4.69) is 4.98 Å². The predicted molar refractivity (Wildman–Crippen MR) is 91.1 cm³/mol. The lowest BCUT2D eigenvalue weighted by Crippen LogP contribution is -2.20. The first-order chi connectivity index (χ1) is 11.1. The molecule has 2 aromatic heterocycles. The van der Waals surface area contributed by atoms with E-state index in [4.69, 9.17) is 16.3 Å². The highest BCUT2D eigenvalue weighted by Gasteiger charge is 2.11. The molecule has 3 rings (SSSR count). The van der Waals surface area contributed by atoms with Gasteiger partial charge in [-0.3, -0.25) is 9.20 Å². The lowest BCUT2D eigenvalue weighted by Gasteiger charge is -2.11. The molecule has 6 heteroatoms. The Morgan fingerprint density at radius 3 is 2.70 bits per heavy atom. The maximum Gasteiger partial charge on any atom is 0.259 e. The fraction of sp³-hybridized carbons (Fsp3) is 0.294. The van der Waals surface area contributed by atoms with Gasteiger partial charge in [0.1, 0.15) is 0 Å². The van der Waals surface area contributed by atoms with Crippen LogP contribution < -0.4 is 5.56 Å². The van der Waals surface area contributed by atoms with Crippen molar-refractivity contribution in [2.75, 3.05) is 13.2 Å². The van der Waals surface area contributed by atoms with Crippen molar-refractivity contribution in [2.45, 2.75) is 20.4 Å². The van der Waals surface area contributed by atoms with Crippen molar-refractivity contribution < 1.29 is 4.74 Å². The molecule has 120 valence electrons. The van der Waals surface area contributed by atoms with Gasteiger partial charge in [-0.05, 0) is 26.0 Å². The van der Waals surface area contributed by atoms with Gasteiger partial charge >= 0.3 is 0 Å². The summed E-state index contributed by atoms with van der Waals surface area (Å²) >= 11 is 5.93. The Kier molecular flexibility index (Phi) is 4.50. The molecule has 0 saturated carbocycles. The topological polar surface area (TPSA) is 48.5 Å². The average Bonchev–Trinajstić information content (AvgIpc) is 2.97. The lowest BCUT2D eigenvalue weighted by molar-refractivity contribution is 0.139. The molecule has 0 aliphatic carbocycles. The minimum Gasteiger partial charge on any atom is -0.380 e. The van der Waals surface area contributed by atoms with Crippen LogP contribution in [0.5, 0.6) is 0 Å². The van der Waals surface area contributed by atoms with Gasteiger partial charge in [0, 0.05) is 41.7 Å². The van der Waals surface area contributed by atoms with E-state index >= 15 is 0 Å². The van der Waals surface area contributed by atoms with Crippen LogP contribution in [0.1, 0.15) is 12.6 Å². The molecule has 0 radical (unpaired) electrons. The van der Waals surface area contributed by atoms with Crippen LogP contribution >= 0.6 is 11.6 Å². The molecule has 0 saturated heterocycles. The van der Waals surface area contributed by atoms with Crippen LogP contribution in [0.4, 0.5) is 0 Å². The quantitative estimate of drug-likeness (QED) is 0.675. The summed E-state index contributed by atoms with van der Waals surface area (Å²) in [5.41, 5.74) is 2.45. The Bertz CT molecular complexity index is 881. The number of rotatable bonds is 5. The normalized spacial score (nSPS) is 11.3. The number of imidazole rings is 1. The molecular formula is C17H18ClN3O2.